The Hall–Kier alpha value is -1.10. The lowest BCUT2D eigenvalue weighted by molar-refractivity contribution is -0.134. The number of nitrogens with one attached hydrogen (secondary N) is 1. The molecule has 1 saturated heterocycles. The lowest BCUT2D eigenvalue weighted by Gasteiger charge is -2.37. The number of hydrogen-bond acceptors (Lipinski definition) is 3. The average molecular weight is 267 g/mol. The molecule has 0 radical (unpaired) electrons. The van der Waals surface area contributed by atoms with Crippen molar-refractivity contribution in [2.24, 2.45) is 11.7 Å². The van der Waals surface area contributed by atoms with E-state index >= 15 is 0 Å². The summed E-state index contributed by atoms with van der Waals surface area (Å²) in [6.07, 6.45) is 5.99. The molecule has 0 aromatic carbocycles. The van der Waals surface area contributed by atoms with Crippen molar-refractivity contribution < 1.29 is 9.59 Å². The number of rotatable bonds is 3. The van der Waals surface area contributed by atoms with Crippen LogP contribution in [0.3, 0.4) is 0 Å². The van der Waals surface area contributed by atoms with Crippen LogP contribution >= 0.6 is 0 Å². The first-order chi connectivity index (χ1) is 9.00. The van der Waals surface area contributed by atoms with Gasteiger partial charge in [-0.05, 0) is 32.6 Å². The number of nitrogens with two attached hydrogens (primary N) is 1. The molecule has 2 unspecified atom stereocenters. The molecule has 108 valence electrons. The van der Waals surface area contributed by atoms with Crippen LogP contribution in [0.4, 0.5) is 0 Å². The standard InChI is InChI=1S/C14H25N3O2/c1-14(15)7-3-2-6-11(14)13(19)16-10-12(18)17-8-4-5-9-17/h11H,2-10,15H2,1H3,(H,16,19). The average Bonchev–Trinajstić information content (AvgIpc) is 2.89. The second kappa shape index (κ2) is 5.90. The number of nitrogens with zero attached hydrogens (tertiary/aromatic N) is 1. The highest BCUT2D eigenvalue weighted by Gasteiger charge is 2.37. The quantitative estimate of drug-likeness (QED) is 0.787. The molecule has 0 bridgehead atoms. The minimum Gasteiger partial charge on any atom is -0.347 e. The minimum atomic E-state index is -0.432. The van der Waals surface area contributed by atoms with Crippen molar-refractivity contribution in [1.29, 1.82) is 0 Å². The van der Waals surface area contributed by atoms with Crippen LogP contribution in [0.25, 0.3) is 0 Å². The Bertz CT molecular complexity index is 349. The van der Waals surface area contributed by atoms with Crippen molar-refractivity contribution in [3.63, 3.8) is 0 Å². The summed E-state index contributed by atoms with van der Waals surface area (Å²) < 4.78 is 0. The summed E-state index contributed by atoms with van der Waals surface area (Å²) >= 11 is 0. The van der Waals surface area contributed by atoms with Gasteiger partial charge in [0, 0.05) is 18.6 Å². The van der Waals surface area contributed by atoms with Crippen LogP contribution < -0.4 is 11.1 Å². The second-order valence-electron chi connectivity index (χ2n) is 6.11. The SMILES string of the molecule is CC1(N)CCCCC1C(=O)NCC(=O)N1CCCC1. The molecule has 0 aromatic heterocycles. The normalized spacial score (nSPS) is 31.3. The molecule has 2 aliphatic rings. The van der Waals surface area contributed by atoms with Crippen molar-refractivity contribution in [3.05, 3.63) is 0 Å². The fraction of sp³-hybridized carbons (Fsp3) is 0.857. The summed E-state index contributed by atoms with van der Waals surface area (Å²) in [7, 11) is 0. The molecular formula is C14H25N3O2. The highest BCUT2D eigenvalue weighted by atomic mass is 16.2. The molecule has 1 saturated carbocycles. The third-order valence-corrected chi connectivity index (χ3v) is 4.44. The highest BCUT2D eigenvalue weighted by Crippen LogP contribution is 2.31. The predicted octanol–water partition coefficient (Wildman–Crippen LogP) is 0.633. The van der Waals surface area contributed by atoms with Gasteiger partial charge in [0.25, 0.3) is 0 Å². The second-order valence-corrected chi connectivity index (χ2v) is 6.11. The summed E-state index contributed by atoms with van der Waals surface area (Å²) in [5, 5.41) is 2.77. The summed E-state index contributed by atoms with van der Waals surface area (Å²) in [5.41, 5.74) is 5.76. The van der Waals surface area contributed by atoms with Crippen molar-refractivity contribution >= 4 is 11.8 Å². The van der Waals surface area contributed by atoms with E-state index in [1.54, 1.807) is 0 Å². The molecule has 1 aliphatic heterocycles. The van der Waals surface area contributed by atoms with E-state index in [1.165, 1.54) is 0 Å². The van der Waals surface area contributed by atoms with Gasteiger partial charge in [0.15, 0.2) is 0 Å². The van der Waals surface area contributed by atoms with E-state index in [2.05, 4.69) is 5.32 Å². The smallest absolute Gasteiger partial charge is 0.241 e. The van der Waals surface area contributed by atoms with Crippen LogP contribution in [0.5, 0.6) is 0 Å². The van der Waals surface area contributed by atoms with Crippen LogP contribution in [0.15, 0.2) is 0 Å². The van der Waals surface area contributed by atoms with Gasteiger partial charge in [-0.15, -0.1) is 0 Å². The molecular weight excluding hydrogens is 242 g/mol. The van der Waals surface area contributed by atoms with Gasteiger partial charge in [-0.25, -0.2) is 0 Å². The largest absolute Gasteiger partial charge is 0.347 e. The van der Waals surface area contributed by atoms with Gasteiger partial charge in [-0.3, -0.25) is 9.59 Å². The van der Waals surface area contributed by atoms with E-state index in [0.29, 0.717) is 0 Å². The number of hydrogen-bond donors (Lipinski definition) is 2. The van der Waals surface area contributed by atoms with Crippen LogP contribution in [0.1, 0.15) is 45.4 Å². The van der Waals surface area contributed by atoms with Gasteiger partial charge in [0.1, 0.15) is 0 Å². The number of likely N-dealkylation sites (tertiary alicyclic amines) is 1. The van der Waals surface area contributed by atoms with Gasteiger partial charge >= 0.3 is 0 Å². The van der Waals surface area contributed by atoms with Crippen molar-refractivity contribution in [2.45, 2.75) is 51.0 Å². The summed E-state index contributed by atoms with van der Waals surface area (Å²) in [6, 6.07) is 0. The topological polar surface area (TPSA) is 75.4 Å². The fourth-order valence-electron chi connectivity index (χ4n) is 3.15. The Morgan fingerprint density at radius 3 is 2.58 bits per heavy atom. The minimum absolute atomic E-state index is 0.0281. The van der Waals surface area contributed by atoms with Gasteiger partial charge < -0.3 is 16.0 Å². The molecule has 2 fully saturated rings. The van der Waals surface area contributed by atoms with E-state index in [4.69, 9.17) is 5.73 Å². The summed E-state index contributed by atoms with van der Waals surface area (Å²) in [6.45, 7) is 3.71. The first-order valence-electron chi connectivity index (χ1n) is 7.35. The lowest BCUT2D eigenvalue weighted by Crippen LogP contribution is -2.53. The molecule has 0 aromatic rings. The Morgan fingerprint density at radius 1 is 1.26 bits per heavy atom. The molecule has 2 rings (SSSR count). The first-order valence-corrected chi connectivity index (χ1v) is 7.35. The van der Waals surface area contributed by atoms with E-state index in [9.17, 15) is 9.59 Å². The maximum Gasteiger partial charge on any atom is 0.241 e. The highest BCUT2D eigenvalue weighted by molar-refractivity contribution is 5.86. The number of carbonyl (C=O) groups excluding carboxylic acids is 2. The Balaban J connectivity index is 1.81. The van der Waals surface area contributed by atoms with Gasteiger partial charge in [-0.1, -0.05) is 12.8 Å². The Labute approximate surface area is 114 Å². The van der Waals surface area contributed by atoms with Gasteiger partial charge in [0.2, 0.25) is 11.8 Å². The van der Waals surface area contributed by atoms with Crippen LogP contribution in [0, 0.1) is 5.92 Å². The summed E-state index contributed by atoms with van der Waals surface area (Å²) in [5.74, 6) is -0.190. The van der Waals surface area contributed by atoms with E-state index < -0.39 is 5.54 Å². The molecule has 19 heavy (non-hydrogen) atoms. The third-order valence-electron chi connectivity index (χ3n) is 4.44. The first kappa shape index (κ1) is 14.3. The lowest BCUT2D eigenvalue weighted by atomic mass is 9.74. The number of amides is 2. The molecule has 2 atom stereocenters. The molecule has 1 heterocycles. The fourth-order valence-corrected chi connectivity index (χ4v) is 3.15. The zero-order chi connectivity index (χ0) is 13.9. The van der Waals surface area contributed by atoms with E-state index in [1.807, 2.05) is 11.8 Å². The Morgan fingerprint density at radius 2 is 1.95 bits per heavy atom. The van der Waals surface area contributed by atoms with E-state index in [-0.39, 0.29) is 24.3 Å². The van der Waals surface area contributed by atoms with Crippen LogP contribution in [0.2, 0.25) is 0 Å². The van der Waals surface area contributed by atoms with Crippen LogP contribution in [-0.4, -0.2) is 41.9 Å². The predicted molar refractivity (Wildman–Crippen MR) is 73.4 cm³/mol. The molecule has 0 spiro atoms. The number of carbonyl (C=O) groups is 2. The van der Waals surface area contributed by atoms with Crippen molar-refractivity contribution in [2.75, 3.05) is 19.6 Å². The molecule has 1 aliphatic carbocycles. The molecule has 2 amide bonds. The zero-order valence-corrected chi connectivity index (χ0v) is 11.8. The molecule has 3 N–H and O–H groups in total. The summed E-state index contributed by atoms with van der Waals surface area (Å²) in [4.78, 5) is 25.9. The molecule has 5 heteroatoms. The molecule has 5 nitrogen and oxygen atoms in total. The van der Waals surface area contributed by atoms with Crippen molar-refractivity contribution in [3.8, 4) is 0 Å². The van der Waals surface area contributed by atoms with Crippen LogP contribution in [-0.2, 0) is 9.59 Å². The van der Waals surface area contributed by atoms with E-state index in [0.717, 1.165) is 51.6 Å². The zero-order valence-electron chi connectivity index (χ0n) is 11.8. The van der Waals surface area contributed by atoms with Gasteiger partial charge in [0.05, 0.1) is 12.5 Å². The maximum atomic E-state index is 12.2. The maximum absolute atomic E-state index is 12.2. The Kier molecular flexibility index (Phi) is 4.45. The van der Waals surface area contributed by atoms with Crippen molar-refractivity contribution in [1.82, 2.24) is 10.2 Å². The van der Waals surface area contributed by atoms with Gasteiger partial charge in [-0.2, -0.15) is 0 Å². The monoisotopic (exact) mass is 267 g/mol. The third kappa shape index (κ3) is 3.47.